The zero-order chi connectivity index (χ0) is 19.7. The Morgan fingerprint density at radius 1 is 1.03 bits per heavy atom. The van der Waals surface area contributed by atoms with Gasteiger partial charge in [0.2, 0.25) is 0 Å². The van der Waals surface area contributed by atoms with E-state index in [1.807, 2.05) is 0 Å². The highest BCUT2D eigenvalue weighted by atomic mass is 19.1. The standard InChI is InChI=1S/C26H34FNO/c27-18-24-11-19-12-25(15-24,22-4-2-1-3-5-22)17-26(13-19,16-24)23(29)10-21-14-28-8-6-20(21)7-9-28/h1-5,19-21H,6-18H2/t19?,21-,24-,25+,26?/m1/s1. The summed E-state index contributed by atoms with van der Waals surface area (Å²) in [4.78, 5) is 16.5. The SMILES string of the molecule is O=C(C[C@@H]1CN2CCC1CC2)C12CC3C[C@](CF)(C1)C[C@@](c1ccccc1)(C3)C2. The number of hydrogen-bond donors (Lipinski definition) is 0. The van der Waals surface area contributed by atoms with Gasteiger partial charge in [-0.05, 0) is 93.2 Å². The van der Waals surface area contributed by atoms with Gasteiger partial charge >= 0.3 is 0 Å². The van der Waals surface area contributed by atoms with Crippen LogP contribution in [0, 0.1) is 28.6 Å². The quantitative estimate of drug-likeness (QED) is 0.686. The van der Waals surface area contributed by atoms with E-state index in [2.05, 4.69) is 35.2 Å². The number of ketones is 1. The van der Waals surface area contributed by atoms with Gasteiger partial charge in [0.15, 0.2) is 0 Å². The molecule has 0 aromatic heterocycles. The van der Waals surface area contributed by atoms with Crippen molar-refractivity contribution in [2.45, 2.75) is 63.2 Å². The van der Waals surface area contributed by atoms with E-state index in [-0.39, 0.29) is 22.9 Å². The van der Waals surface area contributed by atoms with Crippen LogP contribution in [0.1, 0.15) is 63.4 Å². The third-order valence-electron chi connectivity index (χ3n) is 9.68. The lowest BCUT2D eigenvalue weighted by molar-refractivity contribution is -0.165. The van der Waals surface area contributed by atoms with Crippen molar-refractivity contribution in [2.75, 3.05) is 26.3 Å². The Labute approximate surface area is 174 Å². The number of hydrogen-bond acceptors (Lipinski definition) is 2. The predicted octanol–water partition coefficient (Wildman–Crippen LogP) is 5.17. The fraction of sp³-hybridized carbons (Fsp3) is 0.731. The van der Waals surface area contributed by atoms with Crippen LogP contribution in [-0.2, 0) is 10.2 Å². The van der Waals surface area contributed by atoms with Gasteiger partial charge in [0.05, 0.1) is 6.67 Å². The Morgan fingerprint density at radius 3 is 2.52 bits per heavy atom. The summed E-state index contributed by atoms with van der Waals surface area (Å²) in [6.45, 7) is 3.33. The zero-order valence-corrected chi connectivity index (χ0v) is 17.5. The van der Waals surface area contributed by atoms with Crippen LogP contribution in [-0.4, -0.2) is 37.0 Å². The number of piperidine rings is 3. The van der Waals surface area contributed by atoms with Gasteiger partial charge in [-0.15, -0.1) is 0 Å². The first-order chi connectivity index (χ1) is 14.0. The van der Waals surface area contributed by atoms with E-state index in [1.165, 1.54) is 31.5 Å². The molecule has 0 N–H and O–H groups in total. The van der Waals surface area contributed by atoms with Crippen molar-refractivity contribution >= 4 is 5.78 Å². The largest absolute Gasteiger partial charge is 0.303 e. The third kappa shape index (κ3) is 2.79. The highest BCUT2D eigenvalue weighted by molar-refractivity contribution is 5.86. The van der Waals surface area contributed by atoms with Crippen molar-refractivity contribution in [3.8, 4) is 0 Å². The van der Waals surface area contributed by atoms with Crippen LogP contribution in [0.4, 0.5) is 4.39 Å². The van der Waals surface area contributed by atoms with Crippen LogP contribution in [0.3, 0.4) is 0 Å². The molecule has 2 unspecified atom stereocenters. The van der Waals surface area contributed by atoms with Crippen molar-refractivity contribution in [3.63, 3.8) is 0 Å². The van der Waals surface area contributed by atoms with E-state index in [0.29, 0.717) is 17.6 Å². The molecule has 0 amide bonds. The minimum Gasteiger partial charge on any atom is -0.303 e. The summed E-state index contributed by atoms with van der Waals surface area (Å²) in [7, 11) is 0. The Bertz CT molecular complexity index is 802. The molecule has 5 atom stereocenters. The molecule has 156 valence electrons. The maximum absolute atomic E-state index is 14.5. The zero-order valence-electron chi connectivity index (χ0n) is 17.5. The maximum atomic E-state index is 14.5. The molecule has 3 aliphatic heterocycles. The van der Waals surface area contributed by atoms with Crippen molar-refractivity contribution in [2.24, 2.45) is 28.6 Å². The first-order valence-corrected chi connectivity index (χ1v) is 11.9. The molecule has 1 aromatic rings. The van der Waals surface area contributed by atoms with Crippen LogP contribution in [0.25, 0.3) is 0 Å². The number of Topliss-reactive ketones (excluding diaryl/α,β-unsaturated/α-hetero) is 1. The monoisotopic (exact) mass is 395 g/mol. The van der Waals surface area contributed by atoms with E-state index in [0.717, 1.165) is 57.4 Å². The molecule has 7 aliphatic rings. The first kappa shape index (κ1) is 18.5. The van der Waals surface area contributed by atoms with Gasteiger partial charge in [-0.25, -0.2) is 0 Å². The summed E-state index contributed by atoms with van der Waals surface area (Å²) < 4.78 is 14.5. The normalized spacial score (nSPS) is 47.5. The predicted molar refractivity (Wildman–Crippen MR) is 112 cm³/mol. The van der Waals surface area contributed by atoms with Crippen molar-refractivity contribution in [3.05, 3.63) is 35.9 Å². The number of halogens is 1. The summed E-state index contributed by atoms with van der Waals surface area (Å²) in [5.74, 6) is 2.32. The fourth-order valence-electron chi connectivity index (χ4n) is 8.99. The number of carbonyl (C=O) groups excluding carboxylic acids is 1. The third-order valence-corrected chi connectivity index (χ3v) is 9.68. The summed E-state index contributed by atoms with van der Waals surface area (Å²) in [6.07, 6.45) is 9.24. The van der Waals surface area contributed by atoms with Crippen LogP contribution < -0.4 is 0 Å². The molecular formula is C26H34FNO. The van der Waals surface area contributed by atoms with Gasteiger partial charge in [0.25, 0.3) is 0 Å². The number of carbonyl (C=O) groups is 1. The molecule has 3 saturated heterocycles. The molecule has 2 nitrogen and oxygen atoms in total. The average Bonchev–Trinajstić information content (AvgIpc) is 2.74. The average molecular weight is 396 g/mol. The first-order valence-electron chi connectivity index (χ1n) is 11.9. The van der Waals surface area contributed by atoms with Crippen LogP contribution in [0.5, 0.6) is 0 Å². The van der Waals surface area contributed by atoms with Gasteiger partial charge in [-0.3, -0.25) is 9.18 Å². The highest BCUT2D eigenvalue weighted by Crippen LogP contribution is 2.70. The Morgan fingerprint density at radius 2 is 1.83 bits per heavy atom. The number of rotatable bonds is 5. The molecule has 1 aromatic carbocycles. The number of benzene rings is 1. The number of alkyl halides is 1. The summed E-state index contributed by atoms with van der Waals surface area (Å²) >= 11 is 0. The minimum absolute atomic E-state index is 0.0253. The Kier molecular flexibility index (Phi) is 4.08. The molecule has 3 heterocycles. The maximum Gasteiger partial charge on any atom is 0.139 e. The molecule has 4 aliphatic carbocycles. The topological polar surface area (TPSA) is 20.3 Å². The lowest BCUT2D eigenvalue weighted by Crippen LogP contribution is -2.62. The van der Waals surface area contributed by atoms with Crippen LogP contribution >= 0.6 is 0 Å². The molecule has 0 spiro atoms. The Balaban J connectivity index is 1.33. The lowest BCUT2D eigenvalue weighted by Gasteiger charge is -2.66. The van der Waals surface area contributed by atoms with E-state index >= 15 is 0 Å². The second-order valence-corrected chi connectivity index (χ2v) is 11.6. The van der Waals surface area contributed by atoms with E-state index in [1.54, 1.807) is 0 Å². The second-order valence-electron chi connectivity index (χ2n) is 11.6. The minimum atomic E-state index is -0.257. The van der Waals surface area contributed by atoms with Gasteiger partial charge in [0, 0.05) is 23.8 Å². The summed E-state index contributed by atoms with van der Waals surface area (Å²) in [5.41, 5.74) is 0.882. The molecule has 3 heteroatoms. The van der Waals surface area contributed by atoms with Gasteiger partial charge in [-0.1, -0.05) is 30.3 Å². The summed E-state index contributed by atoms with van der Waals surface area (Å²) in [6, 6.07) is 10.8. The van der Waals surface area contributed by atoms with Crippen molar-refractivity contribution < 1.29 is 9.18 Å². The lowest BCUT2D eigenvalue weighted by atomic mass is 9.37. The van der Waals surface area contributed by atoms with E-state index in [4.69, 9.17) is 0 Å². The van der Waals surface area contributed by atoms with Crippen LogP contribution in [0.2, 0.25) is 0 Å². The van der Waals surface area contributed by atoms with E-state index < -0.39 is 0 Å². The smallest absolute Gasteiger partial charge is 0.139 e. The summed E-state index contributed by atoms with van der Waals surface area (Å²) in [5, 5.41) is 0. The van der Waals surface area contributed by atoms with Crippen molar-refractivity contribution in [1.29, 1.82) is 0 Å². The molecule has 6 bridgehead atoms. The van der Waals surface area contributed by atoms with Gasteiger partial charge in [0.1, 0.15) is 5.78 Å². The van der Waals surface area contributed by atoms with Crippen molar-refractivity contribution in [1.82, 2.24) is 4.90 Å². The van der Waals surface area contributed by atoms with Crippen LogP contribution in [0.15, 0.2) is 30.3 Å². The van der Waals surface area contributed by atoms with Gasteiger partial charge in [-0.2, -0.15) is 0 Å². The number of fused-ring (bicyclic) bond motifs is 3. The molecule has 7 fully saturated rings. The second kappa shape index (κ2) is 6.39. The van der Waals surface area contributed by atoms with E-state index in [9.17, 15) is 9.18 Å². The number of nitrogens with zero attached hydrogens (tertiary/aromatic N) is 1. The molecule has 8 rings (SSSR count). The fourth-order valence-corrected chi connectivity index (χ4v) is 8.99. The van der Waals surface area contributed by atoms with Gasteiger partial charge < -0.3 is 4.90 Å². The molecular weight excluding hydrogens is 361 g/mol. The Hall–Kier alpha value is -1.22. The molecule has 29 heavy (non-hydrogen) atoms. The highest BCUT2D eigenvalue weighted by Gasteiger charge is 2.65. The molecule has 4 saturated carbocycles. The molecule has 0 radical (unpaired) electrons.